The van der Waals surface area contributed by atoms with Crippen LogP contribution < -0.4 is 4.74 Å². The Kier molecular flexibility index (Phi) is 6.75. The number of carbonyl (C=O) groups excluding carboxylic acids is 2. The number of esters is 1. The van der Waals surface area contributed by atoms with Crippen LogP contribution in [-0.2, 0) is 20.8 Å². The molecule has 6 nitrogen and oxygen atoms in total. The third-order valence-corrected chi connectivity index (χ3v) is 6.95. The van der Waals surface area contributed by atoms with Crippen molar-refractivity contribution in [2.24, 2.45) is 11.3 Å². The van der Waals surface area contributed by atoms with Gasteiger partial charge in [0.2, 0.25) is 5.91 Å². The zero-order valence-corrected chi connectivity index (χ0v) is 19.2. The first-order valence-corrected chi connectivity index (χ1v) is 11.3. The normalized spacial score (nSPS) is 25.6. The zero-order valence-electron chi connectivity index (χ0n) is 19.2. The van der Waals surface area contributed by atoms with E-state index in [9.17, 15) is 22.8 Å². The number of rotatable bonds is 3. The van der Waals surface area contributed by atoms with Crippen LogP contribution >= 0.6 is 0 Å². The second-order valence-corrected chi connectivity index (χ2v) is 9.19. The molecule has 0 N–H and O–H groups in total. The Morgan fingerprint density at radius 2 is 1.94 bits per heavy atom. The van der Waals surface area contributed by atoms with Crippen LogP contribution in [-0.4, -0.2) is 55.9 Å². The minimum Gasteiger partial charge on any atom is -0.491 e. The molecule has 0 bridgehead atoms. The number of methoxy groups -OCH3 is 1. The highest BCUT2D eigenvalue weighted by Crippen LogP contribution is 2.42. The van der Waals surface area contributed by atoms with Crippen molar-refractivity contribution in [3.05, 3.63) is 53.1 Å². The summed E-state index contributed by atoms with van der Waals surface area (Å²) >= 11 is 0. The van der Waals surface area contributed by atoms with Crippen LogP contribution in [0.15, 0.2) is 42.0 Å². The number of amides is 1. The maximum atomic E-state index is 13.7. The van der Waals surface area contributed by atoms with Crippen LogP contribution in [0.5, 0.6) is 5.75 Å². The molecular weight excluding hydrogens is 451 g/mol. The molecule has 1 amide bonds. The van der Waals surface area contributed by atoms with E-state index in [0.29, 0.717) is 37.4 Å². The number of allylic oxidation sites excluding steroid dienone is 3. The van der Waals surface area contributed by atoms with Crippen molar-refractivity contribution in [2.45, 2.75) is 44.9 Å². The fraction of sp³-hybridized carbons (Fsp3) is 0.520. The third kappa shape index (κ3) is 4.85. The SMILES string of the molecule is COC(=O)c1ccc2c(c1)OC[C@H](C1(C)C=CC(C(F)(F)F)=CC1)N(C(=O)C1CCOCC1)C2. The van der Waals surface area contributed by atoms with Gasteiger partial charge in [0.15, 0.2) is 0 Å². The van der Waals surface area contributed by atoms with E-state index in [1.54, 1.807) is 29.2 Å². The van der Waals surface area contributed by atoms with Crippen molar-refractivity contribution < 1.29 is 37.0 Å². The molecule has 4 rings (SSSR count). The summed E-state index contributed by atoms with van der Waals surface area (Å²) < 4.78 is 55.9. The van der Waals surface area contributed by atoms with Gasteiger partial charge >= 0.3 is 12.1 Å². The zero-order chi connectivity index (χ0) is 24.5. The lowest BCUT2D eigenvalue weighted by atomic mass is 9.74. The van der Waals surface area contributed by atoms with Crippen LogP contribution in [0, 0.1) is 11.3 Å². The van der Waals surface area contributed by atoms with Crippen LogP contribution in [0.4, 0.5) is 13.2 Å². The molecule has 2 atom stereocenters. The maximum Gasteiger partial charge on any atom is 0.416 e. The first-order chi connectivity index (χ1) is 16.1. The number of halogens is 3. The van der Waals surface area contributed by atoms with Gasteiger partial charge in [-0.15, -0.1) is 0 Å². The summed E-state index contributed by atoms with van der Waals surface area (Å²) in [4.78, 5) is 27.4. The lowest BCUT2D eigenvalue weighted by molar-refractivity contribution is -0.144. The third-order valence-electron chi connectivity index (χ3n) is 6.95. The van der Waals surface area contributed by atoms with Crippen LogP contribution in [0.3, 0.4) is 0 Å². The standard InChI is InChI=1S/C25H28F3NO5/c1-24(9-5-19(6-10-24)25(26,27)28)21-15-34-20-13-17(23(31)32-2)3-4-18(20)14-29(21)22(30)16-7-11-33-12-8-16/h3-6,9,13,16,21H,7-8,10-12,14-15H2,1-2H3/t21-,24?/m1/s1. The van der Waals surface area contributed by atoms with E-state index in [2.05, 4.69) is 0 Å². The Hall–Kier alpha value is -2.81. The predicted octanol–water partition coefficient (Wildman–Crippen LogP) is 4.44. The molecule has 1 fully saturated rings. The molecule has 1 aliphatic carbocycles. The first-order valence-electron chi connectivity index (χ1n) is 11.3. The summed E-state index contributed by atoms with van der Waals surface area (Å²) in [5.74, 6) is -0.314. The monoisotopic (exact) mass is 479 g/mol. The van der Waals surface area contributed by atoms with E-state index in [1.165, 1.54) is 13.2 Å². The van der Waals surface area contributed by atoms with Gasteiger partial charge in [0, 0.05) is 36.7 Å². The highest BCUT2D eigenvalue weighted by molar-refractivity contribution is 5.90. The van der Waals surface area contributed by atoms with Gasteiger partial charge in [0.1, 0.15) is 12.4 Å². The summed E-state index contributed by atoms with van der Waals surface area (Å²) in [6, 6.07) is 4.43. The van der Waals surface area contributed by atoms with Gasteiger partial charge < -0.3 is 19.1 Å². The molecule has 0 aromatic heterocycles. The maximum absolute atomic E-state index is 13.7. The molecule has 34 heavy (non-hydrogen) atoms. The van der Waals surface area contributed by atoms with E-state index >= 15 is 0 Å². The molecule has 0 spiro atoms. The molecule has 0 radical (unpaired) electrons. The van der Waals surface area contributed by atoms with Gasteiger partial charge in [-0.2, -0.15) is 13.2 Å². The van der Waals surface area contributed by atoms with E-state index < -0.39 is 29.2 Å². The molecule has 1 unspecified atom stereocenters. The number of carbonyl (C=O) groups is 2. The molecule has 9 heteroatoms. The van der Waals surface area contributed by atoms with Crippen molar-refractivity contribution in [3.8, 4) is 5.75 Å². The van der Waals surface area contributed by atoms with Gasteiger partial charge in [0.05, 0.1) is 24.3 Å². The average Bonchev–Trinajstić information content (AvgIpc) is 3.03. The number of alkyl halides is 3. The highest BCUT2D eigenvalue weighted by Gasteiger charge is 2.44. The van der Waals surface area contributed by atoms with E-state index in [-0.39, 0.29) is 31.4 Å². The summed E-state index contributed by atoms with van der Waals surface area (Å²) in [7, 11) is 1.29. The van der Waals surface area contributed by atoms with Gasteiger partial charge in [-0.1, -0.05) is 31.2 Å². The molecule has 3 aliphatic rings. The van der Waals surface area contributed by atoms with Crippen molar-refractivity contribution in [1.29, 1.82) is 0 Å². The van der Waals surface area contributed by atoms with E-state index in [1.807, 2.05) is 6.92 Å². The largest absolute Gasteiger partial charge is 0.491 e. The molecule has 1 aromatic rings. The number of hydrogen-bond acceptors (Lipinski definition) is 5. The van der Waals surface area contributed by atoms with Crippen LogP contribution in [0.25, 0.3) is 0 Å². The van der Waals surface area contributed by atoms with Crippen molar-refractivity contribution >= 4 is 11.9 Å². The molecule has 0 saturated carbocycles. The molecule has 2 aliphatic heterocycles. The lowest BCUT2D eigenvalue weighted by Crippen LogP contribution is -2.53. The number of fused-ring (bicyclic) bond motifs is 1. The highest BCUT2D eigenvalue weighted by atomic mass is 19.4. The topological polar surface area (TPSA) is 65.1 Å². The summed E-state index contributed by atoms with van der Waals surface area (Å²) in [5, 5.41) is 0. The Morgan fingerprint density at radius 3 is 2.56 bits per heavy atom. The van der Waals surface area contributed by atoms with Crippen molar-refractivity contribution in [3.63, 3.8) is 0 Å². The minimum absolute atomic E-state index is 0.0537. The van der Waals surface area contributed by atoms with Gasteiger partial charge in [-0.05, 0) is 31.4 Å². The molecule has 184 valence electrons. The average molecular weight is 479 g/mol. The number of hydrogen-bond donors (Lipinski definition) is 0. The molecule has 2 heterocycles. The Bertz CT molecular complexity index is 1010. The second-order valence-electron chi connectivity index (χ2n) is 9.19. The summed E-state index contributed by atoms with van der Waals surface area (Å²) in [6.07, 6.45) is 0.718. The van der Waals surface area contributed by atoms with Crippen molar-refractivity contribution in [1.82, 2.24) is 4.90 Å². The van der Waals surface area contributed by atoms with Gasteiger partial charge in [0.25, 0.3) is 0 Å². The number of nitrogens with zero attached hydrogens (tertiary/aromatic N) is 1. The summed E-state index contributed by atoms with van der Waals surface area (Å²) in [6.45, 7) is 3.17. The lowest BCUT2D eigenvalue weighted by Gasteiger charge is -2.43. The Morgan fingerprint density at radius 1 is 1.21 bits per heavy atom. The van der Waals surface area contributed by atoms with E-state index in [0.717, 1.165) is 11.6 Å². The fourth-order valence-corrected chi connectivity index (χ4v) is 4.78. The van der Waals surface area contributed by atoms with Gasteiger partial charge in [-0.3, -0.25) is 4.79 Å². The predicted molar refractivity (Wildman–Crippen MR) is 117 cm³/mol. The second kappa shape index (κ2) is 9.44. The number of benzene rings is 1. The quantitative estimate of drug-likeness (QED) is 0.600. The van der Waals surface area contributed by atoms with Crippen molar-refractivity contribution in [2.75, 3.05) is 26.9 Å². The summed E-state index contributed by atoms with van der Waals surface area (Å²) in [5.41, 5.74) is -0.398. The van der Waals surface area contributed by atoms with Gasteiger partial charge in [-0.25, -0.2) is 4.79 Å². The van der Waals surface area contributed by atoms with E-state index in [4.69, 9.17) is 14.2 Å². The van der Waals surface area contributed by atoms with Crippen LogP contribution in [0.1, 0.15) is 42.1 Å². The number of ether oxygens (including phenoxy) is 3. The Balaban J connectivity index is 1.67. The molecular formula is C25H28F3NO5. The Labute approximate surface area is 196 Å². The molecule has 1 saturated heterocycles. The minimum atomic E-state index is -4.42. The first kappa shape index (κ1) is 24.3. The smallest absolute Gasteiger partial charge is 0.416 e. The van der Waals surface area contributed by atoms with Crippen LogP contribution in [0.2, 0.25) is 0 Å². The fourth-order valence-electron chi connectivity index (χ4n) is 4.78. The molecule has 1 aromatic carbocycles.